The molecule has 3 aromatic rings. The van der Waals surface area contributed by atoms with Crippen molar-refractivity contribution in [3.63, 3.8) is 0 Å². The summed E-state index contributed by atoms with van der Waals surface area (Å²) in [5, 5.41) is 0.188. The summed E-state index contributed by atoms with van der Waals surface area (Å²) < 4.78 is 15.9. The molecule has 134 valence electrons. The van der Waals surface area contributed by atoms with E-state index in [9.17, 15) is 4.39 Å². The minimum atomic E-state index is -0.366. The van der Waals surface area contributed by atoms with Gasteiger partial charge in [-0.05, 0) is 48.7 Å². The van der Waals surface area contributed by atoms with Gasteiger partial charge in [0.15, 0.2) is 0 Å². The van der Waals surface area contributed by atoms with Gasteiger partial charge in [-0.25, -0.2) is 4.39 Å². The molecule has 0 N–H and O–H groups in total. The van der Waals surface area contributed by atoms with Crippen molar-refractivity contribution in [2.45, 2.75) is 32.5 Å². The molecule has 1 aromatic heterocycles. The minimum Gasteiger partial charge on any atom is -0.350 e. The first kappa shape index (κ1) is 17.3. The Hall–Kier alpha value is -2.10. The van der Waals surface area contributed by atoms with E-state index in [1.807, 2.05) is 6.07 Å². The lowest BCUT2D eigenvalue weighted by Gasteiger charge is -2.31. The van der Waals surface area contributed by atoms with Gasteiger partial charge in [0.05, 0.1) is 11.1 Å². The quantitative estimate of drug-likeness (QED) is 0.585. The molecule has 26 heavy (non-hydrogen) atoms. The molecule has 0 fully saturated rings. The van der Waals surface area contributed by atoms with Gasteiger partial charge in [0.1, 0.15) is 5.82 Å². The predicted octanol–water partition coefficient (Wildman–Crippen LogP) is 5.58. The lowest BCUT2D eigenvalue weighted by atomic mass is 10.00. The van der Waals surface area contributed by atoms with Crippen LogP contribution in [0.2, 0.25) is 5.02 Å². The molecule has 0 saturated heterocycles. The lowest BCUT2D eigenvalue weighted by Crippen LogP contribution is -2.29. The molecule has 4 rings (SSSR count). The molecule has 1 unspecified atom stereocenters. The maximum absolute atomic E-state index is 13.5. The van der Waals surface area contributed by atoms with Crippen molar-refractivity contribution >= 4 is 11.6 Å². The fourth-order valence-corrected chi connectivity index (χ4v) is 4.02. The van der Waals surface area contributed by atoms with E-state index in [1.54, 1.807) is 6.07 Å². The Balaban J connectivity index is 1.73. The van der Waals surface area contributed by atoms with Gasteiger partial charge in [0, 0.05) is 31.5 Å². The zero-order chi connectivity index (χ0) is 18.1. The minimum absolute atomic E-state index is 0.178. The molecule has 0 bridgehead atoms. The molecule has 2 aromatic carbocycles. The topological polar surface area (TPSA) is 8.17 Å². The highest BCUT2D eigenvalue weighted by atomic mass is 35.5. The molecule has 1 atom stereocenters. The van der Waals surface area contributed by atoms with Crippen LogP contribution in [0.4, 0.5) is 4.39 Å². The highest BCUT2D eigenvalue weighted by Crippen LogP contribution is 2.33. The summed E-state index contributed by atoms with van der Waals surface area (Å²) in [6.07, 6.45) is 3.24. The summed E-state index contributed by atoms with van der Waals surface area (Å²) >= 11 is 6.00. The number of benzene rings is 2. The van der Waals surface area contributed by atoms with E-state index in [4.69, 9.17) is 11.6 Å². The average molecular weight is 369 g/mol. The van der Waals surface area contributed by atoms with Crippen LogP contribution in [0.1, 0.15) is 34.8 Å². The Morgan fingerprint density at radius 2 is 1.88 bits per heavy atom. The zero-order valence-electron chi connectivity index (χ0n) is 14.8. The van der Waals surface area contributed by atoms with Crippen LogP contribution in [0.25, 0.3) is 0 Å². The second-order valence-electron chi connectivity index (χ2n) is 7.01. The maximum Gasteiger partial charge on any atom is 0.141 e. The van der Waals surface area contributed by atoms with Crippen molar-refractivity contribution in [1.29, 1.82) is 0 Å². The van der Waals surface area contributed by atoms with Crippen molar-refractivity contribution in [3.8, 4) is 0 Å². The largest absolute Gasteiger partial charge is 0.350 e. The summed E-state index contributed by atoms with van der Waals surface area (Å²) in [6.45, 7) is 4.85. The van der Waals surface area contributed by atoms with E-state index in [0.29, 0.717) is 0 Å². The first-order chi connectivity index (χ1) is 12.6. The van der Waals surface area contributed by atoms with Gasteiger partial charge >= 0.3 is 0 Å². The lowest BCUT2D eigenvalue weighted by molar-refractivity contribution is 0.220. The molecular weight excluding hydrogens is 347 g/mol. The van der Waals surface area contributed by atoms with Crippen LogP contribution in [0.3, 0.4) is 0 Å². The van der Waals surface area contributed by atoms with Crippen LogP contribution in [0.5, 0.6) is 0 Å². The molecule has 1 aliphatic rings. The first-order valence-corrected chi connectivity index (χ1v) is 9.39. The number of fused-ring (bicyclic) bond motifs is 1. The third-order valence-electron chi connectivity index (χ3n) is 5.12. The van der Waals surface area contributed by atoms with Gasteiger partial charge in [0.2, 0.25) is 0 Å². The van der Waals surface area contributed by atoms with Gasteiger partial charge in [-0.2, -0.15) is 0 Å². The summed E-state index contributed by atoms with van der Waals surface area (Å²) in [5.74, 6) is -0.366. The monoisotopic (exact) mass is 368 g/mol. The molecule has 4 heteroatoms. The predicted molar refractivity (Wildman–Crippen MR) is 104 cm³/mol. The Bertz CT molecular complexity index is 901. The Morgan fingerprint density at radius 1 is 1.08 bits per heavy atom. The van der Waals surface area contributed by atoms with E-state index in [1.165, 1.54) is 22.9 Å². The first-order valence-electron chi connectivity index (χ1n) is 9.01. The van der Waals surface area contributed by atoms with Crippen molar-refractivity contribution in [2.75, 3.05) is 6.54 Å². The second-order valence-corrected chi connectivity index (χ2v) is 7.42. The SMILES string of the molecule is Cc1ccc(C2c3cccn3CCCN2Cc2ccc(F)c(Cl)c2)cc1. The molecule has 1 aliphatic heterocycles. The van der Waals surface area contributed by atoms with Crippen LogP contribution >= 0.6 is 11.6 Å². The molecule has 2 heterocycles. The van der Waals surface area contributed by atoms with Crippen molar-refractivity contribution in [3.05, 3.63) is 94.0 Å². The third kappa shape index (κ3) is 3.42. The van der Waals surface area contributed by atoms with Crippen molar-refractivity contribution in [1.82, 2.24) is 9.47 Å². The fourth-order valence-electron chi connectivity index (χ4n) is 3.81. The van der Waals surface area contributed by atoms with E-state index in [0.717, 1.165) is 31.6 Å². The average Bonchev–Trinajstić information content (AvgIpc) is 3.01. The van der Waals surface area contributed by atoms with Gasteiger partial charge in [-0.15, -0.1) is 0 Å². The summed E-state index contributed by atoms with van der Waals surface area (Å²) in [7, 11) is 0. The van der Waals surface area contributed by atoms with Crippen LogP contribution < -0.4 is 0 Å². The molecule has 0 amide bonds. The number of aryl methyl sites for hydroxylation is 2. The van der Waals surface area contributed by atoms with Gasteiger partial charge in [-0.1, -0.05) is 47.5 Å². The van der Waals surface area contributed by atoms with Crippen molar-refractivity contribution in [2.24, 2.45) is 0 Å². The molecule has 0 aliphatic carbocycles. The standard InChI is InChI=1S/C22H22ClFN2/c1-16-5-8-18(9-6-16)22-21-4-2-11-25(21)12-3-13-26(22)15-17-7-10-20(24)19(23)14-17/h2,4-11,14,22H,3,12-13,15H2,1H3. The zero-order valence-corrected chi connectivity index (χ0v) is 15.6. The van der Waals surface area contributed by atoms with Gasteiger partial charge in [0.25, 0.3) is 0 Å². The van der Waals surface area contributed by atoms with Crippen molar-refractivity contribution < 1.29 is 4.39 Å². The number of rotatable bonds is 3. The molecule has 0 spiro atoms. The maximum atomic E-state index is 13.5. The van der Waals surface area contributed by atoms with Crippen LogP contribution in [0, 0.1) is 12.7 Å². The smallest absolute Gasteiger partial charge is 0.141 e. The number of halogens is 2. The van der Waals surface area contributed by atoms with Crippen LogP contribution in [0.15, 0.2) is 60.8 Å². The molecule has 0 saturated carbocycles. The van der Waals surface area contributed by atoms with Gasteiger partial charge < -0.3 is 4.57 Å². The Morgan fingerprint density at radius 3 is 2.65 bits per heavy atom. The number of hydrogen-bond donors (Lipinski definition) is 0. The fraction of sp³-hybridized carbons (Fsp3) is 0.273. The van der Waals surface area contributed by atoms with E-state index >= 15 is 0 Å². The van der Waals surface area contributed by atoms with E-state index in [-0.39, 0.29) is 16.9 Å². The number of hydrogen-bond acceptors (Lipinski definition) is 1. The normalized spacial score (nSPS) is 17.7. The van der Waals surface area contributed by atoms with E-state index in [2.05, 4.69) is 59.0 Å². The third-order valence-corrected chi connectivity index (χ3v) is 5.41. The summed E-state index contributed by atoms with van der Waals surface area (Å²) in [4.78, 5) is 2.47. The second kappa shape index (κ2) is 7.26. The molecule has 2 nitrogen and oxygen atoms in total. The van der Waals surface area contributed by atoms with Gasteiger partial charge in [-0.3, -0.25) is 4.90 Å². The molecule has 0 radical (unpaired) electrons. The highest BCUT2D eigenvalue weighted by Gasteiger charge is 2.27. The molecular formula is C22H22ClFN2. The van der Waals surface area contributed by atoms with Crippen LogP contribution in [-0.4, -0.2) is 16.0 Å². The highest BCUT2D eigenvalue weighted by molar-refractivity contribution is 6.30. The van der Waals surface area contributed by atoms with Crippen LogP contribution in [-0.2, 0) is 13.1 Å². The number of aromatic nitrogens is 1. The van der Waals surface area contributed by atoms with E-state index < -0.39 is 0 Å². The number of nitrogens with zero attached hydrogens (tertiary/aromatic N) is 2. The Kier molecular flexibility index (Phi) is 4.84. The summed E-state index contributed by atoms with van der Waals surface area (Å²) in [5.41, 5.74) is 4.88. The summed E-state index contributed by atoms with van der Waals surface area (Å²) in [6, 6.07) is 18.3. The Labute approximate surface area is 158 Å².